The van der Waals surface area contributed by atoms with Crippen LogP contribution in [0.2, 0.25) is 0 Å². The van der Waals surface area contributed by atoms with Crippen LogP contribution in [-0.2, 0) is 10.0 Å². The standard InChI is InChI=1S/C14H22N2O2S2/c1-9-7-11(8-12(15)10(9)2)20(17,18)16-13-5-4-6-14(13)19-3/h7-8,13-14,16H,4-6,15H2,1-3H3. The number of nitrogens with two attached hydrogens (primary N) is 1. The fourth-order valence-corrected chi connectivity index (χ4v) is 5.07. The Morgan fingerprint density at radius 1 is 1.30 bits per heavy atom. The Hall–Kier alpha value is -0.720. The molecule has 1 aromatic rings. The van der Waals surface area contributed by atoms with Gasteiger partial charge in [-0.05, 0) is 56.2 Å². The van der Waals surface area contributed by atoms with E-state index in [9.17, 15) is 8.42 Å². The highest BCUT2D eigenvalue weighted by Gasteiger charge is 2.30. The van der Waals surface area contributed by atoms with Crippen molar-refractivity contribution >= 4 is 27.5 Å². The average molecular weight is 314 g/mol. The number of thioether (sulfide) groups is 1. The van der Waals surface area contributed by atoms with Crippen molar-refractivity contribution in [3.8, 4) is 0 Å². The van der Waals surface area contributed by atoms with Gasteiger partial charge >= 0.3 is 0 Å². The van der Waals surface area contributed by atoms with E-state index in [4.69, 9.17) is 5.73 Å². The minimum absolute atomic E-state index is 0.0258. The Bertz CT molecular complexity index is 576. The van der Waals surface area contributed by atoms with E-state index in [2.05, 4.69) is 4.72 Å². The summed E-state index contributed by atoms with van der Waals surface area (Å²) in [5, 5.41) is 0.369. The van der Waals surface area contributed by atoms with Gasteiger partial charge in [0.2, 0.25) is 10.0 Å². The van der Waals surface area contributed by atoms with Crippen molar-refractivity contribution < 1.29 is 8.42 Å². The molecule has 1 aliphatic rings. The maximum absolute atomic E-state index is 12.5. The Morgan fingerprint density at radius 3 is 2.60 bits per heavy atom. The molecule has 2 atom stereocenters. The topological polar surface area (TPSA) is 72.2 Å². The highest BCUT2D eigenvalue weighted by molar-refractivity contribution is 7.99. The lowest BCUT2D eigenvalue weighted by Crippen LogP contribution is -2.38. The highest BCUT2D eigenvalue weighted by Crippen LogP contribution is 2.30. The maximum atomic E-state index is 12.5. The third-order valence-corrected chi connectivity index (χ3v) is 6.69. The largest absolute Gasteiger partial charge is 0.398 e. The van der Waals surface area contributed by atoms with E-state index in [1.54, 1.807) is 23.9 Å². The lowest BCUT2D eigenvalue weighted by molar-refractivity contribution is 0.555. The fourth-order valence-electron chi connectivity index (χ4n) is 2.62. The summed E-state index contributed by atoms with van der Waals surface area (Å²) in [5.74, 6) is 0. The second kappa shape index (κ2) is 5.95. The van der Waals surface area contributed by atoms with Gasteiger partial charge < -0.3 is 5.73 Å². The molecule has 0 amide bonds. The molecule has 20 heavy (non-hydrogen) atoms. The predicted molar refractivity (Wildman–Crippen MR) is 85.6 cm³/mol. The number of anilines is 1. The van der Waals surface area contributed by atoms with Crippen LogP contribution in [0, 0.1) is 13.8 Å². The van der Waals surface area contributed by atoms with Crippen molar-refractivity contribution in [2.45, 2.75) is 49.3 Å². The van der Waals surface area contributed by atoms with Gasteiger partial charge in [-0.25, -0.2) is 13.1 Å². The van der Waals surface area contributed by atoms with E-state index in [-0.39, 0.29) is 10.9 Å². The zero-order valence-electron chi connectivity index (χ0n) is 12.1. The average Bonchev–Trinajstić information content (AvgIpc) is 2.81. The first-order valence-corrected chi connectivity index (χ1v) is 9.54. The third-order valence-electron chi connectivity index (χ3n) is 4.05. The van der Waals surface area contributed by atoms with Gasteiger partial charge in [-0.1, -0.05) is 6.42 Å². The molecule has 0 radical (unpaired) electrons. The quantitative estimate of drug-likeness (QED) is 0.837. The molecule has 2 unspecified atom stereocenters. The van der Waals surface area contributed by atoms with Gasteiger partial charge in [0, 0.05) is 17.0 Å². The van der Waals surface area contributed by atoms with E-state index >= 15 is 0 Å². The summed E-state index contributed by atoms with van der Waals surface area (Å²) < 4.78 is 27.8. The molecule has 0 heterocycles. The van der Waals surface area contributed by atoms with Gasteiger partial charge in [-0.2, -0.15) is 11.8 Å². The Labute approximate surface area is 125 Å². The van der Waals surface area contributed by atoms with Gasteiger partial charge in [-0.15, -0.1) is 0 Å². The monoisotopic (exact) mass is 314 g/mol. The summed E-state index contributed by atoms with van der Waals surface area (Å²) in [6.07, 6.45) is 5.09. The number of hydrogen-bond donors (Lipinski definition) is 2. The molecule has 0 aromatic heterocycles. The molecule has 0 spiro atoms. The van der Waals surface area contributed by atoms with Crippen LogP contribution < -0.4 is 10.5 Å². The van der Waals surface area contributed by atoms with E-state index in [0.29, 0.717) is 10.9 Å². The number of rotatable bonds is 4. The number of sulfonamides is 1. The molecule has 1 fully saturated rings. The van der Waals surface area contributed by atoms with Crippen LogP contribution in [0.3, 0.4) is 0 Å². The number of aryl methyl sites for hydroxylation is 1. The molecule has 3 N–H and O–H groups in total. The van der Waals surface area contributed by atoms with Crippen LogP contribution in [-0.4, -0.2) is 26.0 Å². The van der Waals surface area contributed by atoms with Crippen LogP contribution in [0.4, 0.5) is 5.69 Å². The van der Waals surface area contributed by atoms with Gasteiger partial charge in [-0.3, -0.25) is 0 Å². The van der Waals surface area contributed by atoms with Crippen molar-refractivity contribution in [3.63, 3.8) is 0 Å². The first kappa shape index (κ1) is 15.7. The molecule has 0 bridgehead atoms. The van der Waals surface area contributed by atoms with Crippen LogP contribution in [0.1, 0.15) is 30.4 Å². The van der Waals surface area contributed by atoms with Gasteiger partial charge in [0.15, 0.2) is 0 Å². The van der Waals surface area contributed by atoms with E-state index in [0.717, 1.165) is 30.4 Å². The first-order chi connectivity index (χ1) is 9.35. The third kappa shape index (κ3) is 3.13. The number of benzene rings is 1. The Morgan fingerprint density at radius 2 is 2.00 bits per heavy atom. The van der Waals surface area contributed by atoms with Crippen LogP contribution in [0.15, 0.2) is 17.0 Å². The zero-order valence-corrected chi connectivity index (χ0v) is 13.8. The number of nitrogen functional groups attached to an aromatic ring is 1. The second-order valence-electron chi connectivity index (χ2n) is 5.39. The van der Waals surface area contributed by atoms with Gasteiger partial charge in [0.25, 0.3) is 0 Å². The smallest absolute Gasteiger partial charge is 0.240 e. The minimum Gasteiger partial charge on any atom is -0.398 e. The van der Waals surface area contributed by atoms with E-state index in [1.165, 1.54) is 0 Å². The molecule has 6 heteroatoms. The summed E-state index contributed by atoms with van der Waals surface area (Å²) in [7, 11) is -3.49. The SMILES string of the molecule is CSC1CCCC1NS(=O)(=O)c1cc(C)c(C)c(N)c1. The van der Waals surface area contributed by atoms with Crippen molar-refractivity contribution in [2.75, 3.05) is 12.0 Å². The first-order valence-electron chi connectivity index (χ1n) is 6.77. The lowest BCUT2D eigenvalue weighted by Gasteiger charge is -2.19. The molecule has 0 saturated heterocycles. The van der Waals surface area contributed by atoms with Crippen molar-refractivity contribution in [1.82, 2.24) is 4.72 Å². The zero-order chi connectivity index (χ0) is 14.9. The molecular weight excluding hydrogens is 292 g/mol. The summed E-state index contributed by atoms with van der Waals surface area (Å²) in [4.78, 5) is 0.268. The van der Waals surface area contributed by atoms with E-state index in [1.807, 2.05) is 20.1 Å². The normalized spacial score (nSPS) is 23.1. The summed E-state index contributed by atoms with van der Waals surface area (Å²) >= 11 is 1.73. The lowest BCUT2D eigenvalue weighted by atomic mass is 10.1. The molecule has 1 aliphatic carbocycles. The van der Waals surface area contributed by atoms with Crippen LogP contribution in [0.5, 0.6) is 0 Å². The molecule has 112 valence electrons. The maximum Gasteiger partial charge on any atom is 0.240 e. The van der Waals surface area contributed by atoms with Gasteiger partial charge in [0.1, 0.15) is 0 Å². The molecule has 0 aliphatic heterocycles. The molecule has 1 saturated carbocycles. The summed E-state index contributed by atoms with van der Waals surface area (Å²) in [6.45, 7) is 3.78. The van der Waals surface area contributed by atoms with Gasteiger partial charge in [0.05, 0.1) is 4.90 Å². The van der Waals surface area contributed by atoms with Crippen LogP contribution >= 0.6 is 11.8 Å². The molecule has 2 rings (SSSR count). The Kier molecular flexibility index (Phi) is 4.66. The molecule has 1 aromatic carbocycles. The highest BCUT2D eigenvalue weighted by atomic mass is 32.2. The molecular formula is C14H22N2O2S2. The number of nitrogens with one attached hydrogen (secondary N) is 1. The Balaban J connectivity index is 2.27. The summed E-state index contributed by atoms with van der Waals surface area (Å²) in [5.41, 5.74) is 8.25. The molecule has 4 nitrogen and oxygen atoms in total. The van der Waals surface area contributed by atoms with Crippen molar-refractivity contribution in [1.29, 1.82) is 0 Å². The second-order valence-corrected chi connectivity index (χ2v) is 8.18. The van der Waals surface area contributed by atoms with Crippen LogP contribution in [0.25, 0.3) is 0 Å². The number of hydrogen-bond acceptors (Lipinski definition) is 4. The fraction of sp³-hybridized carbons (Fsp3) is 0.571. The van der Waals surface area contributed by atoms with Crippen molar-refractivity contribution in [3.05, 3.63) is 23.3 Å². The summed E-state index contributed by atoms with van der Waals surface area (Å²) in [6, 6.07) is 3.27. The minimum atomic E-state index is -3.49. The van der Waals surface area contributed by atoms with Crippen molar-refractivity contribution in [2.24, 2.45) is 0 Å². The predicted octanol–water partition coefficient (Wildman–Crippen LogP) is 2.45. The van der Waals surface area contributed by atoms with E-state index < -0.39 is 10.0 Å².